The molecule has 1 aromatic carbocycles. The molecule has 0 spiro atoms. The van der Waals surface area contributed by atoms with Gasteiger partial charge < -0.3 is 16.0 Å². The highest BCUT2D eigenvalue weighted by atomic mass is 127. The number of nitrogens with zero attached hydrogens (tertiary/aromatic N) is 3. The summed E-state index contributed by atoms with van der Waals surface area (Å²) in [4.78, 5) is 23.2. The van der Waals surface area contributed by atoms with Gasteiger partial charge in [-0.1, -0.05) is 30.3 Å². The number of pyridine rings is 1. The maximum absolute atomic E-state index is 12.1. The Morgan fingerprint density at radius 1 is 1.19 bits per heavy atom. The maximum atomic E-state index is 12.1. The van der Waals surface area contributed by atoms with Crippen LogP contribution in [0.5, 0.6) is 0 Å². The number of aliphatic imine (C=N–C) groups is 1. The summed E-state index contributed by atoms with van der Waals surface area (Å²) >= 11 is 0. The van der Waals surface area contributed by atoms with Crippen LogP contribution in [-0.4, -0.2) is 60.0 Å². The Bertz CT molecular complexity index is 817. The molecule has 0 aliphatic carbocycles. The van der Waals surface area contributed by atoms with Crippen molar-refractivity contribution in [3.8, 4) is 0 Å². The summed E-state index contributed by atoms with van der Waals surface area (Å²) in [5.41, 5.74) is 1.90. The van der Waals surface area contributed by atoms with Crippen molar-refractivity contribution >= 4 is 35.8 Å². The molecule has 3 rings (SSSR count). The van der Waals surface area contributed by atoms with Gasteiger partial charge in [-0.25, -0.2) is 0 Å². The average molecular weight is 536 g/mol. The minimum absolute atomic E-state index is 0. The highest BCUT2D eigenvalue weighted by Crippen LogP contribution is 2.20. The molecule has 168 valence electrons. The first kappa shape index (κ1) is 25.1. The molecule has 31 heavy (non-hydrogen) atoms. The molecule has 0 bridgehead atoms. The summed E-state index contributed by atoms with van der Waals surface area (Å²) in [6.45, 7) is 8.07. The van der Waals surface area contributed by atoms with Gasteiger partial charge in [-0.05, 0) is 38.0 Å². The molecule has 2 heterocycles. The molecule has 2 aromatic rings. The van der Waals surface area contributed by atoms with Crippen LogP contribution in [0.15, 0.2) is 59.9 Å². The van der Waals surface area contributed by atoms with Crippen LogP contribution >= 0.6 is 24.0 Å². The van der Waals surface area contributed by atoms with Gasteiger partial charge in [0.2, 0.25) is 0 Å². The van der Waals surface area contributed by atoms with E-state index in [0.717, 1.165) is 32.0 Å². The predicted molar refractivity (Wildman–Crippen MR) is 136 cm³/mol. The second-order valence-corrected chi connectivity index (χ2v) is 7.60. The standard InChI is InChI=1S/C23H32N6O.HI/c1-3-25-23(27-13-12-26-22(30)20-10-7-11-24-15-20)28-21-14-18(2)29(17-21)16-19-8-5-4-6-9-19;/h4-11,15,18,21H,3,12-14,16-17H2,1-2H3,(H,26,30)(H2,25,27,28);1H. The Morgan fingerprint density at radius 2 is 2.00 bits per heavy atom. The minimum atomic E-state index is -0.127. The van der Waals surface area contributed by atoms with Crippen LogP contribution in [0.25, 0.3) is 0 Å². The van der Waals surface area contributed by atoms with E-state index < -0.39 is 0 Å². The van der Waals surface area contributed by atoms with Gasteiger partial charge in [0.05, 0.1) is 12.1 Å². The van der Waals surface area contributed by atoms with E-state index in [1.807, 2.05) is 0 Å². The molecule has 1 aliphatic heterocycles. The fourth-order valence-electron chi connectivity index (χ4n) is 3.69. The number of carbonyl (C=O) groups excluding carboxylic acids is 1. The Kier molecular flexibility index (Phi) is 10.7. The van der Waals surface area contributed by atoms with Gasteiger partial charge in [0.15, 0.2) is 5.96 Å². The third-order valence-electron chi connectivity index (χ3n) is 5.21. The van der Waals surface area contributed by atoms with Crippen molar-refractivity contribution in [2.45, 2.75) is 38.9 Å². The molecule has 0 saturated carbocycles. The largest absolute Gasteiger partial charge is 0.357 e. The summed E-state index contributed by atoms with van der Waals surface area (Å²) in [6, 6.07) is 15.0. The van der Waals surface area contributed by atoms with Crippen LogP contribution < -0.4 is 16.0 Å². The lowest BCUT2D eigenvalue weighted by Gasteiger charge is -2.21. The summed E-state index contributed by atoms with van der Waals surface area (Å²) in [5.74, 6) is 0.671. The van der Waals surface area contributed by atoms with Crippen molar-refractivity contribution in [2.24, 2.45) is 4.99 Å². The molecular weight excluding hydrogens is 503 g/mol. The van der Waals surface area contributed by atoms with Crippen molar-refractivity contribution in [3.63, 3.8) is 0 Å². The van der Waals surface area contributed by atoms with Crippen LogP contribution in [0.4, 0.5) is 0 Å². The lowest BCUT2D eigenvalue weighted by atomic mass is 10.2. The van der Waals surface area contributed by atoms with E-state index in [1.165, 1.54) is 5.56 Å². The number of hydrogen-bond donors (Lipinski definition) is 3. The first-order chi connectivity index (χ1) is 14.7. The zero-order chi connectivity index (χ0) is 21.2. The minimum Gasteiger partial charge on any atom is -0.357 e. The molecule has 1 saturated heterocycles. The van der Waals surface area contributed by atoms with Crippen molar-refractivity contribution in [3.05, 3.63) is 66.0 Å². The molecule has 1 amide bonds. The van der Waals surface area contributed by atoms with E-state index in [-0.39, 0.29) is 29.9 Å². The number of likely N-dealkylation sites (tertiary alicyclic amines) is 1. The highest BCUT2D eigenvalue weighted by molar-refractivity contribution is 14.0. The summed E-state index contributed by atoms with van der Waals surface area (Å²) in [5, 5.41) is 9.75. The average Bonchev–Trinajstić information content (AvgIpc) is 3.11. The van der Waals surface area contributed by atoms with Crippen molar-refractivity contribution in [2.75, 3.05) is 26.2 Å². The normalized spacial score (nSPS) is 18.8. The third-order valence-corrected chi connectivity index (χ3v) is 5.21. The number of hydrogen-bond acceptors (Lipinski definition) is 4. The first-order valence-corrected chi connectivity index (χ1v) is 10.7. The SMILES string of the molecule is CCNC(=NCCNC(=O)c1cccnc1)NC1CC(C)N(Cc2ccccc2)C1.I. The monoisotopic (exact) mass is 536 g/mol. The Labute approximate surface area is 202 Å². The lowest BCUT2D eigenvalue weighted by Crippen LogP contribution is -2.45. The fourth-order valence-corrected chi connectivity index (χ4v) is 3.69. The van der Waals surface area contributed by atoms with Gasteiger partial charge in [-0.15, -0.1) is 24.0 Å². The molecule has 7 nitrogen and oxygen atoms in total. The topological polar surface area (TPSA) is 81.6 Å². The summed E-state index contributed by atoms with van der Waals surface area (Å²) in [6.07, 6.45) is 4.29. The number of aromatic nitrogens is 1. The molecule has 3 N–H and O–H groups in total. The van der Waals surface area contributed by atoms with Gasteiger partial charge in [0, 0.05) is 50.7 Å². The number of halogens is 1. The molecule has 8 heteroatoms. The molecular formula is C23H33IN6O. The molecule has 2 unspecified atom stereocenters. The zero-order valence-electron chi connectivity index (χ0n) is 18.3. The second-order valence-electron chi connectivity index (χ2n) is 7.60. The molecule has 1 fully saturated rings. The number of carbonyl (C=O) groups is 1. The zero-order valence-corrected chi connectivity index (χ0v) is 20.6. The molecule has 1 aromatic heterocycles. The van der Waals surface area contributed by atoms with E-state index in [4.69, 9.17) is 0 Å². The van der Waals surface area contributed by atoms with E-state index >= 15 is 0 Å². The second kappa shape index (κ2) is 13.3. The molecule has 1 aliphatic rings. The van der Waals surface area contributed by atoms with E-state index in [1.54, 1.807) is 24.5 Å². The van der Waals surface area contributed by atoms with Crippen molar-refractivity contribution < 1.29 is 4.79 Å². The third kappa shape index (κ3) is 8.10. The van der Waals surface area contributed by atoms with Gasteiger partial charge in [-0.2, -0.15) is 0 Å². The Balaban J connectivity index is 0.00000341. The van der Waals surface area contributed by atoms with Crippen LogP contribution in [0.2, 0.25) is 0 Å². The van der Waals surface area contributed by atoms with E-state index in [9.17, 15) is 4.79 Å². The van der Waals surface area contributed by atoms with Crippen molar-refractivity contribution in [1.29, 1.82) is 0 Å². The van der Waals surface area contributed by atoms with Crippen molar-refractivity contribution in [1.82, 2.24) is 25.8 Å². The van der Waals surface area contributed by atoms with Crippen LogP contribution in [0.3, 0.4) is 0 Å². The predicted octanol–water partition coefficient (Wildman–Crippen LogP) is 2.65. The van der Waals surface area contributed by atoms with Gasteiger partial charge >= 0.3 is 0 Å². The number of guanidine groups is 1. The van der Waals surface area contributed by atoms with Crippen LogP contribution in [-0.2, 0) is 6.54 Å². The smallest absolute Gasteiger partial charge is 0.252 e. The van der Waals surface area contributed by atoms with Gasteiger partial charge in [0.25, 0.3) is 5.91 Å². The fraction of sp³-hybridized carbons (Fsp3) is 0.435. The number of nitrogens with one attached hydrogen (secondary N) is 3. The van der Waals surface area contributed by atoms with Crippen LogP contribution in [0, 0.1) is 0 Å². The van der Waals surface area contributed by atoms with E-state index in [2.05, 4.69) is 75.0 Å². The number of benzene rings is 1. The molecule has 0 radical (unpaired) electrons. The summed E-state index contributed by atoms with van der Waals surface area (Å²) < 4.78 is 0. The Hall–Kier alpha value is -2.20. The highest BCUT2D eigenvalue weighted by Gasteiger charge is 2.29. The quantitative estimate of drug-likeness (QED) is 0.209. The van der Waals surface area contributed by atoms with Gasteiger partial charge in [0.1, 0.15) is 0 Å². The molecule has 2 atom stereocenters. The summed E-state index contributed by atoms with van der Waals surface area (Å²) in [7, 11) is 0. The lowest BCUT2D eigenvalue weighted by molar-refractivity contribution is 0.0954. The first-order valence-electron chi connectivity index (χ1n) is 10.7. The van der Waals surface area contributed by atoms with Gasteiger partial charge in [-0.3, -0.25) is 19.7 Å². The van der Waals surface area contributed by atoms with Crippen LogP contribution in [0.1, 0.15) is 36.2 Å². The maximum Gasteiger partial charge on any atom is 0.252 e. The number of amides is 1. The number of rotatable bonds is 8. The van der Waals surface area contributed by atoms with E-state index in [0.29, 0.717) is 30.7 Å². The Morgan fingerprint density at radius 3 is 2.71 bits per heavy atom.